The number of carbonyl (C=O) groups is 1. The van der Waals surface area contributed by atoms with E-state index in [-0.39, 0.29) is 5.91 Å². The molecule has 5 rings (SSSR count). The van der Waals surface area contributed by atoms with Gasteiger partial charge in [0, 0.05) is 36.2 Å². The Labute approximate surface area is 180 Å². The summed E-state index contributed by atoms with van der Waals surface area (Å²) in [4.78, 5) is 26.5. The topological polar surface area (TPSA) is 61.5 Å². The van der Waals surface area contributed by atoms with Crippen molar-refractivity contribution in [3.8, 4) is 0 Å². The zero-order valence-electron chi connectivity index (χ0n) is 17.2. The van der Waals surface area contributed by atoms with Crippen LogP contribution in [0.5, 0.6) is 0 Å². The van der Waals surface area contributed by atoms with Crippen molar-refractivity contribution in [1.29, 1.82) is 0 Å². The quantitative estimate of drug-likeness (QED) is 0.679. The van der Waals surface area contributed by atoms with Crippen molar-refractivity contribution in [2.24, 2.45) is 0 Å². The molecule has 2 aromatic heterocycles. The average Bonchev–Trinajstić information content (AvgIpc) is 3.43. The molecule has 4 heterocycles. The summed E-state index contributed by atoms with van der Waals surface area (Å²) in [6.45, 7) is 4.55. The third kappa shape index (κ3) is 4.02. The predicted molar refractivity (Wildman–Crippen MR) is 119 cm³/mol. The van der Waals surface area contributed by atoms with E-state index < -0.39 is 0 Å². The van der Waals surface area contributed by atoms with Gasteiger partial charge in [0.2, 0.25) is 0 Å². The number of nitrogens with zero attached hydrogens (tertiary/aromatic N) is 3. The van der Waals surface area contributed by atoms with Gasteiger partial charge >= 0.3 is 0 Å². The molecular weight excluding hydrogens is 396 g/mol. The van der Waals surface area contributed by atoms with Crippen LogP contribution in [0.15, 0.2) is 36.7 Å². The van der Waals surface area contributed by atoms with Gasteiger partial charge in [-0.05, 0) is 42.8 Å². The summed E-state index contributed by atoms with van der Waals surface area (Å²) in [5, 5.41) is 1.24. The van der Waals surface area contributed by atoms with Crippen LogP contribution in [0.1, 0.15) is 40.3 Å². The van der Waals surface area contributed by atoms with Gasteiger partial charge in [0.25, 0.3) is 5.91 Å². The number of H-pyrrole nitrogens is 1. The predicted octanol–water partition coefficient (Wildman–Crippen LogP) is 3.69. The van der Waals surface area contributed by atoms with Crippen molar-refractivity contribution >= 4 is 27.3 Å². The molecule has 2 aliphatic heterocycles. The number of likely N-dealkylation sites (tertiary alicyclic amines) is 1. The Morgan fingerprint density at radius 1 is 1.20 bits per heavy atom. The lowest BCUT2D eigenvalue weighted by Gasteiger charge is -2.35. The summed E-state index contributed by atoms with van der Waals surface area (Å²) in [5.41, 5.74) is 1.23. The van der Waals surface area contributed by atoms with E-state index in [2.05, 4.69) is 39.1 Å². The first kappa shape index (κ1) is 19.7. The first-order chi connectivity index (χ1) is 14.8. The molecule has 0 aliphatic carbocycles. The van der Waals surface area contributed by atoms with Gasteiger partial charge in [0.15, 0.2) is 0 Å². The van der Waals surface area contributed by atoms with Crippen LogP contribution in [0, 0.1) is 0 Å². The maximum Gasteiger partial charge on any atom is 0.264 e. The second-order valence-corrected chi connectivity index (χ2v) is 9.22. The number of piperidine rings is 1. The summed E-state index contributed by atoms with van der Waals surface area (Å²) >= 11 is 1.65. The molecule has 1 amide bonds. The smallest absolute Gasteiger partial charge is 0.264 e. The lowest BCUT2D eigenvalue weighted by Crippen LogP contribution is -2.42. The summed E-state index contributed by atoms with van der Waals surface area (Å²) in [6.07, 6.45) is 8.25. The first-order valence-corrected chi connectivity index (χ1v) is 11.7. The first-order valence-electron chi connectivity index (χ1n) is 10.9. The Balaban J connectivity index is 1.45. The maximum absolute atomic E-state index is 13.4. The Hall–Kier alpha value is -2.22. The molecule has 0 spiro atoms. The molecule has 158 valence electrons. The molecule has 1 N–H and O–H groups in total. The number of hydrogen-bond acceptors (Lipinski definition) is 5. The highest BCUT2D eigenvalue weighted by molar-refractivity contribution is 7.21. The van der Waals surface area contributed by atoms with Crippen molar-refractivity contribution < 1.29 is 9.53 Å². The molecule has 1 unspecified atom stereocenters. The number of fused-ring (bicyclic) bond motifs is 1. The summed E-state index contributed by atoms with van der Waals surface area (Å²) < 4.78 is 6.66. The number of hydrogen-bond donors (Lipinski definition) is 1. The molecule has 3 aromatic rings. The molecule has 30 heavy (non-hydrogen) atoms. The van der Waals surface area contributed by atoms with Crippen LogP contribution < -0.4 is 0 Å². The van der Waals surface area contributed by atoms with E-state index in [0.717, 1.165) is 36.6 Å². The number of aromatic nitrogens is 2. The highest BCUT2D eigenvalue weighted by atomic mass is 32.1. The van der Waals surface area contributed by atoms with Crippen molar-refractivity contribution in [2.45, 2.75) is 38.3 Å². The fourth-order valence-corrected chi connectivity index (χ4v) is 5.90. The molecule has 0 radical (unpaired) electrons. The van der Waals surface area contributed by atoms with E-state index in [9.17, 15) is 4.79 Å². The van der Waals surface area contributed by atoms with Gasteiger partial charge in [0.1, 0.15) is 5.82 Å². The highest BCUT2D eigenvalue weighted by Gasteiger charge is 2.29. The fraction of sp³-hybridized carbons (Fsp3) is 0.478. The number of aromatic amines is 1. The van der Waals surface area contributed by atoms with Gasteiger partial charge in [-0.15, -0.1) is 11.3 Å². The highest BCUT2D eigenvalue weighted by Crippen LogP contribution is 2.35. The van der Waals surface area contributed by atoms with Crippen LogP contribution in [0.4, 0.5) is 0 Å². The largest absolute Gasteiger partial charge is 0.378 e. The minimum atomic E-state index is 0.169. The van der Waals surface area contributed by atoms with E-state index >= 15 is 0 Å². The van der Waals surface area contributed by atoms with Gasteiger partial charge in [-0.1, -0.05) is 24.6 Å². The Bertz CT molecular complexity index is 994. The van der Waals surface area contributed by atoms with Crippen LogP contribution in [0.3, 0.4) is 0 Å². The second kappa shape index (κ2) is 8.88. The van der Waals surface area contributed by atoms with E-state index in [1.807, 2.05) is 17.3 Å². The van der Waals surface area contributed by atoms with E-state index in [4.69, 9.17) is 4.74 Å². The van der Waals surface area contributed by atoms with Crippen molar-refractivity contribution in [2.75, 3.05) is 32.8 Å². The summed E-state index contributed by atoms with van der Waals surface area (Å²) in [6, 6.07) is 8.90. The molecule has 1 aromatic carbocycles. The number of rotatable bonds is 5. The molecule has 1 atom stereocenters. The Morgan fingerprint density at radius 3 is 2.90 bits per heavy atom. The zero-order chi connectivity index (χ0) is 20.3. The van der Waals surface area contributed by atoms with E-state index in [1.54, 1.807) is 11.3 Å². The Kier molecular flexibility index (Phi) is 5.84. The SMILES string of the molecule is O=C(c1sc2ccccc2c1CC1CCCCN1Cc1ncc[nH]1)N1CCOCC1. The number of imidazole rings is 1. The van der Waals surface area contributed by atoms with Gasteiger partial charge in [-0.2, -0.15) is 0 Å². The molecule has 2 saturated heterocycles. The third-order valence-electron chi connectivity index (χ3n) is 6.29. The number of amides is 1. The normalized spacial score (nSPS) is 20.7. The number of thiophene rings is 1. The number of nitrogens with one attached hydrogen (secondary N) is 1. The third-order valence-corrected chi connectivity index (χ3v) is 7.49. The van der Waals surface area contributed by atoms with Gasteiger partial charge in [-0.3, -0.25) is 9.69 Å². The second-order valence-electron chi connectivity index (χ2n) is 8.17. The van der Waals surface area contributed by atoms with Gasteiger partial charge in [-0.25, -0.2) is 4.98 Å². The number of benzene rings is 1. The van der Waals surface area contributed by atoms with Gasteiger partial charge < -0.3 is 14.6 Å². The molecule has 2 aliphatic rings. The Morgan fingerprint density at radius 2 is 2.07 bits per heavy atom. The molecule has 7 heteroatoms. The van der Waals surface area contributed by atoms with Crippen LogP contribution in [0.25, 0.3) is 10.1 Å². The van der Waals surface area contributed by atoms with Crippen LogP contribution >= 0.6 is 11.3 Å². The van der Waals surface area contributed by atoms with Crippen LogP contribution in [-0.4, -0.2) is 64.6 Å². The zero-order valence-corrected chi connectivity index (χ0v) is 18.0. The number of morpholine rings is 1. The minimum absolute atomic E-state index is 0.169. The maximum atomic E-state index is 13.4. The monoisotopic (exact) mass is 424 g/mol. The molecule has 2 fully saturated rings. The van der Waals surface area contributed by atoms with Crippen LogP contribution in [-0.2, 0) is 17.7 Å². The summed E-state index contributed by atoms with van der Waals surface area (Å²) in [5.74, 6) is 1.18. The summed E-state index contributed by atoms with van der Waals surface area (Å²) in [7, 11) is 0. The van der Waals surface area contributed by atoms with Crippen molar-refractivity contribution in [3.63, 3.8) is 0 Å². The molecule has 0 saturated carbocycles. The number of carbonyl (C=O) groups excluding carboxylic acids is 1. The van der Waals surface area contributed by atoms with Crippen molar-refractivity contribution in [1.82, 2.24) is 19.8 Å². The average molecular weight is 425 g/mol. The van der Waals surface area contributed by atoms with E-state index in [0.29, 0.717) is 32.3 Å². The molecule has 6 nitrogen and oxygen atoms in total. The molecule has 0 bridgehead atoms. The van der Waals surface area contributed by atoms with Crippen molar-refractivity contribution in [3.05, 3.63) is 52.9 Å². The van der Waals surface area contributed by atoms with Gasteiger partial charge in [0.05, 0.1) is 24.6 Å². The lowest BCUT2D eigenvalue weighted by atomic mass is 9.94. The minimum Gasteiger partial charge on any atom is -0.378 e. The fourth-order valence-electron chi connectivity index (χ4n) is 4.70. The standard InChI is InChI=1S/C23H28N4O2S/c28-23(26-11-13-29-14-12-26)22-19(18-6-1-2-7-20(18)30-22)15-17-5-3-4-10-27(17)16-21-24-8-9-25-21/h1-2,6-9,17H,3-5,10-16H2,(H,24,25). The molecular formula is C23H28N4O2S. The lowest BCUT2D eigenvalue weighted by molar-refractivity contribution is 0.0305. The number of ether oxygens (including phenoxy) is 1. The van der Waals surface area contributed by atoms with Crippen LogP contribution in [0.2, 0.25) is 0 Å². The van der Waals surface area contributed by atoms with E-state index in [1.165, 1.54) is 28.5 Å².